The summed E-state index contributed by atoms with van der Waals surface area (Å²) in [5, 5.41) is 2.73. The van der Waals surface area contributed by atoms with Crippen LogP contribution >= 0.6 is 0 Å². The minimum absolute atomic E-state index is 0.0374. The molecule has 32 heavy (non-hydrogen) atoms. The smallest absolute Gasteiger partial charge is 0.387 e. The second-order valence-corrected chi connectivity index (χ2v) is 9.01. The van der Waals surface area contributed by atoms with E-state index in [0.717, 1.165) is 9.87 Å². The summed E-state index contributed by atoms with van der Waals surface area (Å²) in [7, 11) is -2.27. The number of aryl methyl sites for hydroxylation is 1. The van der Waals surface area contributed by atoms with Gasteiger partial charge >= 0.3 is 6.61 Å². The molecule has 3 rings (SSSR count). The number of hydrogen-bond acceptors (Lipinski definition) is 4. The van der Waals surface area contributed by atoms with E-state index < -0.39 is 16.6 Å². The van der Waals surface area contributed by atoms with Gasteiger partial charge in [0.15, 0.2) is 0 Å². The molecule has 0 aliphatic heterocycles. The number of ether oxygens (including phenoxy) is 1. The Morgan fingerprint density at radius 3 is 2.12 bits per heavy atom. The predicted octanol–water partition coefficient (Wildman–Crippen LogP) is 4.35. The summed E-state index contributed by atoms with van der Waals surface area (Å²) < 4.78 is 55.4. The van der Waals surface area contributed by atoms with Crippen LogP contribution < -0.4 is 14.4 Å². The Kier molecular flexibility index (Phi) is 7.09. The summed E-state index contributed by atoms with van der Waals surface area (Å²) in [6.07, 6.45) is 0. The Balaban J connectivity index is 1.63. The molecular weight excluding hydrogens is 438 g/mol. The van der Waals surface area contributed by atoms with Crippen molar-refractivity contribution in [2.24, 2.45) is 0 Å². The number of carbonyl (C=O) groups excluding carboxylic acids is 1. The first-order valence-corrected chi connectivity index (χ1v) is 11.1. The highest BCUT2D eigenvalue weighted by atomic mass is 32.2. The van der Waals surface area contributed by atoms with E-state index in [1.807, 2.05) is 6.92 Å². The number of alkyl halides is 2. The van der Waals surface area contributed by atoms with Crippen molar-refractivity contribution in [1.29, 1.82) is 0 Å². The molecule has 3 aromatic carbocycles. The number of sulfonamides is 1. The van der Waals surface area contributed by atoms with Gasteiger partial charge in [0.1, 0.15) is 5.75 Å². The van der Waals surface area contributed by atoms with Gasteiger partial charge < -0.3 is 10.1 Å². The van der Waals surface area contributed by atoms with Crippen molar-refractivity contribution in [2.45, 2.75) is 25.0 Å². The Morgan fingerprint density at radius 2 is 1.56 bits per heavy atom. The van der Waals surface area contributed by atoms with E-state index in [4.69, 9.17) is 0 Å². The zero-order chi connectivity index (χ0) is 23.3. The van der Waals surface area contributed by atoms with Gasteiger partial charge in [-0.3, -0.25) is 9.10 Å². The molecule has 168 valence electrons. The molecule has 0 radical (unpaired) electrons. The first-order chi connectivity index (χ1) is 15.2. The molecule has 0 atom stereocenters. The van der Waals surface area contributed by atoms with Gasteiger partial charge in [-0.05, 0) is 61.0 Å². The third-order valence-electron chi connectivity index (χ3n) is 4.77. The van der Waals surface area contributed by atoms with E-state index >= 15 is 0 Å². The van der Waals surface area contributed by atoms with E-state index in [0.29, 0.717) is 16.8 Å². The molecule has 6 nitrogen and oxygen atoms in total. The second kappa shape index (κ2) is 9.78. The maximum Gasteiger partial charge on any atom is 0.387 e. The van der Waals surface area contributed by atoms with Gasteiger partial charge in [-0.25, -0.2) is 8.42 Å². The minimum atomic E-state index is -3.72. The number of carbonyl (C=O) groups is 1. The number of amides is 1. The standard InChI is InChI=1S/C23H22F2N2O4S/c1-16-3-13-21(14-4-16)32(29,30)27(2)19-9-7-18(8-10-19)22(28)26-15-17-5-11-20(12-6-17)31-23(24)25/h3-14,23H,15H2,1-2H3,(H,26,28). The van der Waals surface area contributed by atoms with Crippen LogP contribution in [0.5, 0.6) is 5.75 Å². The second-order valence-electron chi connectivity index (χ2n) is 7.04. The van der Waals surface area contributed by atoms with Crippen LogP contribution in [0.1, 0.15) is 21.5 Å². The van der Waals surface area contributed by atoms with E-state index in [1.54, 1.807) is 48.5 Å². The molecule has 3 aromatic rings. The fourth-order valence-electron chi connectivity index (χ4n) is 2.90. The van der Waals surface area contributed by atoms with Gasteiger partial charge in [0.2, 0.25) is 0 Å². The third-order valence-corrected chi connectivity index (χ3v) is 6.57. The van der Waals surface area contributed by atoms with Crippen LogP contribution in [0.2, 0.25) is 0 Å². The SMILES string of the molecule is Cc1ccc(S(=O)(=O)N(C)c2ccc(C(=O)NCc3ccc(OC(F)F)cc3)cc2)cc1. The van der Waals surface area contributed by atoms with Crippen molar-refractivity contribution < 1.29 is 26.7 Å². The lowest BCUT2D eigenvalue weighted by atomic mass is 10.1. The molecule has 0 fully saturated rings. The van der Waals surface area contributed by atoms with Crippen molar-refractivity contribution in [2.75, 3.05) is 11.4 Å². The molecule has 0 aliphatic rings. The summed E-state index contributed by atoms with van der Waals surface area (Å²) in [4.78, 5) is 12.6. The van der Waals surface area contributed by atoms with Crippen molar-refractivity contribution in [3.05, 3.63) is 89.5 Å². The van der Waals surface area contributed by atoms with Crippen LogP contribution in [0, 0.1) is 6.92 Å². The Morgan fingerprint density at radius 1 is 0.969 bits per heavy atom. The normalized spacial score (nSPS) is 11.3. The summed E-state index contributed by atoms with van der Waals surface area (Å²) in [6, 6.07) is 18.7. The first kappa shape index (κ1) is 23.2. The fourth-order valence-corrected chi connectivity index (χ4v) is 4.10. The zero-order valence-corrected chi connectivity index (χ0v) is 18.3. The molecular formula is C23H22F2N2O4S. The molecule has 1 N–H and O–H groups in total. The highest BCUT2D eigenvalue weighted by molar-refractivity contribution is 7.92. The van der Waals surface area contributed by atoms with Crippen LogP contribution in [0.4, 0.5) is 14.5 Å². The predicted molar refractivity (Wildman–Crippen MR) is 117 cm³/mol. The van der Waals surface area contributed by atoms with E-state index in [-0.39, 0.29) is 23.1 Å². The van der Waals surface area contributed by atoms with E-state index in [2.05, 4.69) is 10.1 Å². The van der Waals surface area contributed by atoms with Crippen molar-refractivity contribution in [3.63, 3.8) is 0 Å². The number of benzene rings is 3. The number of rotatable bonds is 8. The topological polar surface area (TPSA) is 75.7 Å². The number of halogens is 2. The number of nitrogens with one attached hydrogen (secondary N) is 1. The van der Waals surface area contributed by atoms with Crippen LogP contribution in [0.25, 0.3) is 0 Å². The first-order valence-electron chi connectivity index (χ1n) is 9.64. The lowest BCUT2D eigenvalue weighted by molar-refractivity contribution is -0.0498. The third kappa shape index (κ3) is 5.61. The summed E-state index contributed by atoms with van der Waals surface area (Å²) >= 11 is 0. The Hall–Kier alpha value is -3.46. The lowest BCUT2D eigenvalue weighted by Gasteiger charge is -2.20. The van der Waals surface area contributed by atoms with Gasteiger partial charge in [-0.1, -0.05) is 29.8 Å². The number of anilines is 1. The Labute approximate surface area is 185 Å². The average Bonchev–Trinajstić information content (AvgIpc) is 2.78. The zero-order valence-electron chi connectivity index (χ0n) is 17.5. The van der Waals surface area contributed by atoms with Gasteiger partial charge in [0.05, 0.1) is 10.6 Å². The monoisotopic (exact) mass is 460 g/mol. The summed E-state index contributed by atoms with van der Waals surface area (Å²) in [5.74, 6) is -0.316. The number of hydrogen-bond donors (Lipinski definition) is 1. The molecule has 1 amide bonds. The highest BCUT2D eigenvalue weighted by Crippen LogP contribution is 2.23. The van der Waals surface area contributed by atoms with Crippen molar-refractivity contribution in [3.8, 4) is 5.75 Å². The summed E-state index contributed by atoms with van der Waals surface area (Å²) in [5.41, 5.74) is 2.43. The maximum atomic E-state index is 12.8. The van der Waals surface area contributed by atoms with E-state index in [1.165, 1.54) is 31.3 Å². The molecule has 0 saturated heterocycles. The van der Waals surface area contributed by atoms with Gasteiger partial charge in [0.25, 0.3) is 15.9 Å². The van der Waals surface area contributed by atoms with Crippen LogP contribution in [0.3, 0.4) is 0 Å². The highest BCUT2D eigenvalue weighted by Gasteiger charge is 2.21. The molecule has 0 unspecified atom stereocenters. The molecule has 0 aliphatic carbocycles. The van der Waals surface area contributed by atoms with Crippen LogP contribution in [-0.4, -0.2) is 28.0 Å². The van der Waals surface area contributed by atoms with Gasteiger partial charge in [0, 0.05) is 19.2 Å². The van der Waals surface area contributed by atoms with Crippen LogP contribution in [0.15, 0.2) is 77.7 Å². The number of nitrogens with zero attached hydrogens (tertiary/aromatic N) is 1. The fraction of sp³-hybridized carbons (Fsp3) is 0.174. The summed E-state index contributed by atoms with van der Waals surface area (Å²) in [6.45, 7) is -0.827. The molecule has 0 saturated carbocycles. The minimum Gasteiger partial charge on any atom is -0.435 e. The quantitative estimate of drug-likeness (QED) is 0.542. The molecule has 0 aromatic heterocycles. The lowest BCUT2D eigenvalue weighted by Crippen LogP contribution is -2.27. The molecule has 9 heteroatoms. The molecule has 0 spiro atoms. The average molecular weight is 461 g/mol. The van der Waals surface area contributed by atoms with Crippen LogP contribution in [-0.2, 0) is 16.6 Å². The molecule has 0 heterocycles. The maximum absolute atomic E-state index is 12.8. The Bertz CT molecular complexity index is 1160. The molecule has 0 bridgehead atoms. The van der Waals surface area contributed by atoms with Gasteiger partial charge in [-0.15, -0.1) is 0 Å². The van der Waals surface area contributed by atoms with Crippen molar-refractivity contribution >= 4 is 21.6 Å². The van der Waals surface area contributed by atoms with Crippen molar-refractivity contribution in [1.82, 2.24) is 5.32 Å². The largest absolute Gasteiger partial charge is 0.435 e. The van der Waals surface area contributed by atoms with Gasteiger partial charge in [-0.2, -0.15) is 8.78 Å². The van der Waals surface area contributed by atoms with E-state index in [9.17, 15) is 22.0 Å².